The lowest BCUT2D eigenvalue weighted by atomic mass is 9.89. The number of methoxy groups -OCH3 is 2. The third-order valence-electron chi connectivity index (χ3n) is 8.12. The van der Waals surface area contributed by atoms with E-state index in [1.165, 1.54) is 3.97 Å². The molecule has 6 rings (SSSR count). The van der Waals surface area contributed by atoms with Crippen LogP contribution in [0.2, 0.25) is 0 Å². The van der Waals surface area contributed by atoms with Gasteiger partial charge in [-0.2, -0.15) is 0 Å². The summed E-state index contributed by atoms with van der Waals surface area (Å²) in [5.41, 5.74) is 4.06. The summed E-state index contributed by atoms with van der Waals surface area (Å²) in [5.74, 6) is 1.18. The number of pyridine rings is 1. The Labute approximate surface area is 251 Å². The van der Waals surface area contributed by atoms with Crippen LogP contribution in [0.15, 0.2) is 85.2 Å². The summed E-state index contributed by atoms with van der Waals surface area (Å²) >= 11 is 0. The second-order valence-corrected chi connectivity index (χ2v) is 13.1. The number of hydrogen-bond donors (Lipinski definition) is 0. The highest BCUT2D eigenvalue weighted by Gasteiger charge is 2.41. The van der Waals surface area contributed by atoms with Crippen molar-refractivity contribution in [1.29, 1.82) is 0 Å². The Morgan fingerprint density at radius 1 is 0.977 bits per heavy atom. The van der Waals surface area contributed by atoms with E-state index < -0.39 is 14.8 Å². The van der Waals surface area contributed by atoms with Gasteiger partial charge in [0.15, 0.2) is 5.65 Å². The number of amides is 1. The minimum atomic E-state index is -3.95. The summed E-state index contributed by atoms with van der Waals surface area (Å²) in [6.45, 7) is 3.91. The monoisotopic (exact) mass is 599 g/mol. The topological polar surface area (TPSA) is 100.0 Å². The van der Waals surface area contributed by atoms with Crippen LogP contribution in [0.1, 0.15) is 29.3 Å². The summed E-state index contributed by atoms with van der Waals surface area (Å²) in [6, 6.07) is 16.6. The molecule has 9 nitrogen and oxygen atoms in total. The van der Waals surface area contributed by atoms with Gasteiger partial charge in [0.05, 0.1) is 33.0 Å². The summed E-state index contributed by atoms with van der Waals surface area (Å²) in [4.78, 5) is 19.4. The van der Waals surface area contributed by atoms with E-state index in [0.29, 0.717) is 54.4 Å². The van der Waals surface area contributed by atoms with Crippen molar-refractivity contribution in [3.63, 3.8) is 0 Å². The largest absolute Gasteiger partial charge is 0.496 e. The average molecular weight is 600 g/mol. The number of hydrogen-bond acceptors (Lipinski definition) is 7. The Balaban J connectivity index is 1.31. The highest BCUT2D eigenvalue weighted by molar-refractivity contribution is 7.91. The molecule has 43 heavy (non-hydrogen) atoms. The molecular weight excluding hydrogens is 566 g/mol. The van der Waals surface area contributed by atoms with Crippen molar-refractivity contribution in [3.05, 3.63) is 96.3 Å². The van der Waals surface area contributed by atoms with Crippen LogP contribution in [0.3, 0.4) is 0 Å². The van der Waals surface area contributed by atoms with E-state index in [9.17, 15) is 13.2 Å². The first-order chi connectivity index (χ1) is 20.8. The molecule has 3 heterocycles. The van der Waals surface area contributed by atoms with E-state index in [1.807, 2.05) is 48.5 Å². The second kappa shape index (κ2) is 11.3. The van der Waals surface area contributed by atoms with Crippen LogP contribution in [-0.2, 0) is 14.8 Å². The molecule has 222 valence electrons. The SMILES string of the molecule is COc1cccc(OC)c1C1=CC=CC(C)(S(=O)(=O)n2ccc3cc(-c4cccc(C(=O)N5CCOCC5)c4)cnc32)C1. The molecule has 1 atom stereocenters. The third kappa shape index (κ3) is 5.10. The molecule has 2 aromatic carbocycles. The highest BCUT2D eigenvalue weighted by Crippen LogP contribution is 2.43. The normalized spacial score (nSPS) is 18.9. The van der Waals surface area contributed by atoms with Gasteiger partial charge < -0.3 is 19.1 Å². The summed E-state index contributed by atoms with van der Waals surface area (Å²) in [5, 5.41) is 0.677. The standard InChI is InChI=1S/C33H33N3O6S/c1-33(13-6-9-26(21-33)30-28(40-2)10-5-11-29(30)41-3)43(38,39)36-14-12-24-20-27(22-34-31(24)36)23-7-4-8-25(19-23)32(37)35-15-17-42-18-16-35/h4-14,19-20,22H,15-18,21H2,1-3H3. The number of benzene rings is 2. The predicted octanol–water partition coefficient (Wildman–Crippen LogP) is 5.17. The highest BCUT2D eigenvalue weighted by atomic mass is 32.2. The maximum Gasteiger partial charge on any atom is 0.254 e. The van der Waals surface area contributed by atoms with Crippen LogP contribution < -0.4 is 9.47 Å². The zero-order valence-electron chi connectivity index (χ0n) is 24.3. The Morgan fingerprint density at radius 2 is 1.70 bits per heavy atom. The van der Waals surface area contributed by atoms with E-state index in [1.54, 1.807) is 62.7 Å². The molecule has 2 aliphatic rings. The Bertz CT molecular complexity index is 1850. The molecule has 1 saturated heterocycles. The Morgan fingerprint density at radius 3 is 2.42 bits per heavy atom. The summed E-state index contributed by atoms with van der Waals surface area (Å²) < 4.78 is 45.0. The second-order valence-electron chi connectivity index (χ2n) is 10.8. The zero-order chi connectivity index (χ0) is 30.2. The number of fused-ring (bicyclic) bond motifs is 1. The Kier molecular flexibility index (Phi) is 7.57. The molecule has 1 aliphatic heterocycles. The zero-order valence-corrected chi connectivity index (χ0v) is 25.1. The fourth-order valence-electron chi connectivity index (χ4n) is 5.74. The molecule has 0 spiro atoms. The lowest BCUT2D eigenvalue weighted by molar-refractivity contribution is 0.0303. The van der Waals surface area contributed by atoms with Crippen LogP contribution in [0.5, 0.6) is 11.5 Å². The number of carbonyl (C=O) groups is 1. The smallest absolute Gasteiger partial charge is 0.254 e. The van der Waals surface area contributed by atoms with Crippen LogP contribution in [0.4, 0.5) is 0 Å². The summed E-state index contributed by atoms with van der Waals surface area (Å²) in [6.07, 6.45) is 8.79. The number of rotatable bonds is 7. The molecule has 1 fully saturated rings. The molecule has 0 N–H and O–H groups in total. The third-order valence-corrected chi connectivity index (χ3v) is 10.4. The van der Waals surface area contributed by atoms with Gasteiger partial charge in [-0.05, 0) is 60.9 Å². The minimum absolute atomic E-state index is 0.0376. The molecule has 2 aromatic heterocycles. The van der Waals surface area contributed by atoms with Gasteiger partial charge in [-0.15, -0.1) is 0 Å². The lowest BCUT2D eigenvalue weighted by Gasteiger charge is -2.31. The fourth-order valence-corrected chi connectivity index (χ4v) is 7.38. The van der Waals surface area contributed by atoms with Gasteiger partial charge in [0, 0.05) is 42.0 Å². The first-order valence-corrected chi connectivity index (χ1v) is 15.5. The van der Waals surface area contributed by atoms with Crippen LogP contribution in [0, 0.1) is 0 Å². The van der Waals surface area contributed by atoms with Crippen molar-refractivity contribution in [2.75, 3.05) is 40.5 Å². The molecule has 4 aromatic rings. The predicted molar refractivity (Wildman–Crippen MR) is 166 cm³/mol. The molecule has 1 aliphatic carbocycles. The molecule has 10 heteroatoms. The van der Waals surface area contributed by atoms with Crippen molar-refractivity contribution in [1.82, 2.24) is 13.9 Å². The maximum absolute atomic E-state index is 14.2. The van der Waals surface area contributed by atoms with Crippen molar-refractivity contribution >= 4 is 32.5 Å². The fraction of sp³-hybridized carbons (Fsp3) is 0.273. The van der Waals surface area contributed by atoms with Gasteiger partial charge in [-0.3, -0.25) is 4.79 Å². The van der Waals surface area contributed by atoms with Gasteiger partial charge in [-0.1, -0.05) is 36.4 Å². The van der Waals surface area contributed by atoms with Crippen molar-refractivity contribution in [2.45, 2.75) is 18.1 Å². The number of allylic oxidation sites excluding steroid dienone is 3. The molecule has 0 radical (unpaired) electrons. The number of carbonyl (C=O) groups excluding carboxylic acids is 1. The average Bonchev–Trinajstić information content (AvgIpc) is 3.48. The van der Waals surface area contributed by atoms with Crippen molar-refractivity contribution in [2.24, 2.45) is 0 Å². The van der Waals surface area contributed by atoms with E-state index in [2.05, 4.69) is 4.98 Å². The molecule has 0 saturated carbocycles. The number of ether oxygens (including phenoxy) is 3. The van der Waals surface area contributed by atoms with E-state index >= 15 is 0 Å². The molecule has 0 bridgehead atoms. The maximum atomic E-state index is 14.2. The van der Waals surface area contributed by atoms with Gasteiger partial charge >= 0.3 is 0 Å². The van der Waals surface area contributed by atoms with Gasteiger partial charge in [-0.25, -0.2) is 17.4 Å². The Hall–Kier alpha value is -4.41. The van der Waals surface area contributed by atoms with Crippen LogP contribution in [0.25, 0.3) is 27.7 Å². The van der Waals surface area contributed by atoms with Gasteiger partial charge in [0.2, 0.25) is 10.0 Å². The molecular formula is C33H33N3O6S. The quantitative estimate of drug-likeness (QED) is 0.289. The lowest BCUT2D eigenvalue weighted by Crippen LogP contribution is -2.40. The van der Waals surface area contributed by atoms with E-state index in [-0.39, 0.29) is 12.3 Å². The van der Waals surface area contributed by atoms with E-state index in [4.69, 9.17) is 14.2 Å². The van der Waals surface area contributed by atoms with Crippen LogP contribution >= 0.6 is 0 Å². The number of aromatic nitrogens is 2. The number of nitrogens with zero attached hydrogens (tertiary/aromatic N) is 3. The van der Waals surface area contributed by atoms with Gasteiger partial charge in [0.1, 0.15) is 16.2 Å². The minimum Gasteiger partial charge on any atom is -0.496 e. The van der Waals surface area contributed by atoms with Gasteiger partial charge in [0.25, 0.3) is 5.91 Å². The van der Waals surface area contributed by atoms with Crippen molar-refractivity contribution < 1.29 is 27.4 Å². The number of morpholine rings is 1. The summed E-state index contributed by atoms with van der Waals surface area (Å²) in [7, 11) is -0.786. The first-order valence-electron chi connectivity index (χ1n) is 14.1. The molecule has 1 unspecified atom stereocenters. The van der Waals surface area contributed by atoms with Crippen LogP contribution in [-0.4, -0.2) is 73.5 Å². The first kappa shape index (κ1) is 28.7. The van der Waals surface area contributed by atoms with Crippen molar-refractivity contribution in [3.8, 4) is 22.6 Å². The van der Waals surface area contributed by atoms with E-state index in [0.717, 1.165) is 22.3 Å². The molecule has 1 amide bonds.